The second kappa shape index (κ2) is 4.12. The fraction of sp³-hybridized carbons (Fsp3) is 0.429. The molecule has 0 saturated carbocycles. The predicted molar refractivity (Wildman–Crippen MR) is 70.5 cm³/mol. The van der Waals surface area contributed by atoms with Crippen LogP contribution in [0.3, 0.4) is 0 Å². The molecule has 1 fully saturated rings. The van der Waals surface area contributed by atoms with Gasteiger partial charge in [0.1, 0.15) is 12.1 Å². The number of piperazine rings is 1. The second-order valence-corrected chi connectivity index (χ2v) is 5.28. The van der Waals surface area contributed by atoms with Crippen molar-refractivity contribution in [2.75, 3.05) is 11.4 Å². The van der Waals surface area contributed by atoms with Gasteiger partial charge in [0, 0.05) is 5.69 Å². The van der Waals surface area contributed by atoms with Crippen LogP contribution in [-0.4, -0.2) is 23.9 Å². The molecule has 0 spiro atoms. The lowest BCUT2D eigenvalue weighted by molar-refractivity contribution is -0.134. The highest BCUT2D eigenvalue weighted by atomic mass is 16.2. The number of nitrogens with zero attached hydrogens (tertiary/aromatic N) is 1. The van der Waals surface area contributed by atoms with E-state index in [-0.39, 0.29) is 18.4 Å². The van der Waals surface area contributed by atoms with Crippen molar-refractivity contribution in [1.29, 1.82) is 0 Å². The van der Waals surface area contributed by atoms with E-state index in [1.165, 1.54) is 0 Å². The van der Waals surface area contributed by atoms with E-state index in [2.05, 4.69) is 5.32 Å². The van der Waals surface area contributed by atoms with Crippen molar-refractivity contribution in [3.05, 3.63) is 29.3 Å². The van der Waals surface area contributed by atoms with Crippen LogP contribution in [-0.2, 0) is 9.59 Å². The third-order valence-electron chi connectivity index (χ3n) is 3.40. The maximum Gasteiger partial charge on any atom is 0.252 e. The van der Waals surface area contributed by atoms with Gasteiger partial charge in [-0.2, -0.15) is 0 Å². The van der Waals surface area contributed by atoms with E-state index < -0.39 is 5.54 Å². The zero-order valence-corrected chi connectivity index (χ0v) is 11.2. The van der Waals surface area contributed by atoms with Gasteiger partial charge in [-0.25, -0.2) is 0 Å². The first-order valence-electron chi connectivity index (χ1n) is 6.02. The molecule has 1 aliphatic heterocycles. The molecule has 0 atom stereocenters. The molecule has 0 bridgehead atoms. The lowest BCUT2D eigenvalue weighted by Crippen LogP contribution is -2.64. The van der Waals surface area contributed by atoms with Crippen LogP contribution in [0.5, 0.6) is 0 Å². The number of aryl methyl sites for hydroxylation is 1. The van der Waals surface area contributed by atoms with Gasteiger partial charge >= 0.3 is 0 Å². The second-order valence-electron chi connectivity index (χ2n) is 5.28. The van der Waals surface area contributed by atoms with Crippen LogP contribution >= 0.6 is 0 Å². The van der Waals surface area contributed by atoms with E-state index in [1.807, 2.05) is 32.0 Å². The van der Waals surface area contributed by atoms with Crippen LogP contribution in [0.2, 0.25) is 0 Å². The Hall–Kier alpha value is -1.84. The lowest BCUT2D eigenvalue weighted by Gasteiger charge is -2.38. The van der Waals surface area contributed by atoms with Gasteiger partial charge < -0.3 is 10.2 Å². The summed E-state index contributed by atoms with van der Waals surface area (Å²) in [6.07, 6.45) is 0. The van der Waals surface area contributed by atoms with Crippen molar-refractivity contribution in [2.24, 2.45) is 0 Å². The summed E-state index contributed by atoms with van der Waals surface area (Å²) in [7, 11) is 0. The standard InChI is InChI=1S/C14H18N2O2/c1-9-6-5-7-11(10(9)2)16-8-12(17)15-14(3,4)13(16)18/h5-7H,8H2,1-4H3,(H,15,17). The third-order valence-corrected chi connectivity index (χ3v) is 3.40. The average Bonchev–Trinajstić information content (AvgIpc) is 2.27. The van der Waals surface area contributed by atoms with Gasteiger partial charge in [-0.1, -0.05) is 12.1 Å². The molecular formula is C14H18N2O2. The molecule has 1 N–H and O–H groups in total. The molecule has 0 unspecified atom stereocenters. The molecule has 18 heavy (non-hydrogen) atoms. The lowest BCUT2D eigenvalue weighted by atomic mass is 9.98. The first-order valence-corrected chi connectivity index (χ1v) is 6.02. The van der Waals surface area contributed by atoms with Crippen molar-refractivity contribution in [2.45, 2.75) is 33.2 Å². The Kier molecular flexibility index (Phi) is 2.89. The number of hydrogen-bond donors (Lipinski definition) is 1. The first kappa shape index (κ1) is 12.6. The number of nitrogens with one attached hydrogen (secondary N) is 1. The van der Waals surface area contributed by atoms with Gasteiger partial charge in [-0.05, 0) is 44.9 Å². The SMILES string of the molecule is Cc1cccc(N2CC(=O)NC(C)(C)C2=O)c1C. The van der Waals surface area contributed by atoms with Gasteiger partial charge in [0.25, 0.3) is 5.91 Å². The van der Waals surface area contributed by atoms with Crippen LogP contribution in [0, 0.1) is 13.8 Å². The Morgan fingerprint density at radius 1 is 1.22 bits per heavy atom. The maximum absolute atomic E-state index is 12.4. The van der Waals surface area contributed by atoms with Gasteiger partial charge in [0.2, 0.25) is 5.91 Å². The molecule has 2 rings (SSSR count). The number of amides is 2. The molecule has 96 valence electrons. The Morgan fingerprint density at radius 2 is 1.89 bits per heavy atom. The summed E-state index contributed by atoms with van der Waals surface area (Å²) in [5.74, 6) is -0.198. The van der Waals surface area contributed by atoms with Crippen LogP contribution in [0.15, 0.2) is 18.2 Å². The Labute approximate surface area is 107 Å². The molecule has 0 radical (unpaired) electrons. The summed E-state index contributed by atoms with van der Waals surface area (Å²) in [6, 6.07) is 5.79. The highest BCUT2D eigenvalue weighted by Gasteiger charge is 2.40. The van der Waals surface area contributed by atoms with Gasteiger partial charge in [0.05, 0.1) is 0 Å². The molecule has 1 aliphatic rings. The van der Waals surface area contributed by atoms with Crippen molar-refractivity contribution < 1.29 is 9.59 Å². The van der Waals surface area contributed by atoms with E-state index in [0.29, 0.717) is 0 Å². The highest BCUT2D eigenvalue weighted by Crippen LogP contribution is 2.26. The maximum atomic E-state index is 12.4. The number of hydrogen-bond acceptors (Lipinski definition) is 2. The fourth-order valence-corrected chi connectivity index (χ4v) is 2.22. The molecule has 0 aliphatic carbocycles. The minimum absolute atomic E-state index is 0.0733. The summed E-state index contributed by atoms with van der Waals surface area (Å²) in [4.78, 5) is 25.6. The summed E-state index contributed by atoms with van der Waals surface area (Å²) in [5.41, 5.74) is 2.13. The molecule has 1 aromatic rings. The van der Waals surface area contributed by atoms with Gasteiger partial charge in [-0.3, -0.25) is 9.59 Å². The number of anilines is 1. The van der Waals surface area contributed by atoms with E-state index >= 15 is 0 Å². The van der Waals surface area contributed by atoms with Crippen molar-refractivity contribution in [3.8, 4) is 0 Å². The molecule has 4 nitrogen and oxygen atoms in total. The van der Waals surface area contributed by atoms with E-state index in [0.717, 1.165) is 16.8 Å². The summed E-state index contributed by atoms with van der Waals surface area (Å²) >= 11 is 0. The normalized spacial score (nSPS) is 18.8. The Morgan fingerprint density at radius 3 is 2.56 bits per heavy atom. The number of carbonyl (C=O) groups excluding carboxylic acids is 2. The summed E-state index contributed by atoms with van der Waals surface area (Å²) in [5, 5.41) is 2.71. The van der Waals surface area contributed by atoms with Crippen molar-refractivity contribution in [1.82, 2.24) is 5.32 Å². The fourth-order valence-electron chi connectivity index (χ4n) is 2.22. The topological polar surface area (TPSA) is 49.4 Å². The van der Waals surface area contributed by atoms with E-state index in [1.54, 1.807) is 18.7 Å². The minimum Gasteiger partial charge on any atom is -0.341 e. The Balaban J connectivity index is 2.46. The summed E-state index contributed by atoms with van der Waals surface area (Å²) < 4.78 is 0. The minimum atomic E-state index is -0.842. The smallest absolute Gasteiger partial charge is 0.252 e. The molecule has 1 saturated heterocycles. The van der Waals surface area contributed by atoms with Crippen LogP contribution < -0.4 is 10.2 Å². The quantitative estimate of drug-likeness (QED) is 0.817. The van der Waals surface area contributed by atoms with Crippen LogP contribution in [0.25, 0.3) is 0 Å². The molecule has 2 amide bonds. The van der Waals surface area contributed by atoms with Crippen LogP contribution in [0.1, 0.15) is 25.0 Å². The van der Waals surface area contributed by atoms with Crippen molar-refractivity contribution in [3.63, 3.8) is 0 Å². The van der Waals surface area contributed by atoms with E-state index in [4.69, 9.17) is 0 Å². The van der Waals surface area contributed by atoms with Gasteiger partial charge in [-0.15, -0.1) is 0 Å². The molecule has 1 aromatic carbocycles. The zero-order chi connectivity index (χ0) is 13.5. The average molecular weight is 246 g/mol. The molecular weight excluding hydrogens is 228 g/mol. The predicted octanol–water partition coefficient (Wildman–Crippen LogP) is 1.54. The largest absolute Gasteiger partial charge is 0.341 e. The monoisotopic (exact) mass is 246 g/mol. The molecule has 1 heterocycles. The zero-order valence-electron chi connectivity index (χ0n) is 11.2. The van der Waals surface area contributed by atoms with Crippen LogP contribution in [0.4, 0.5) is 5.69 Å². The van der Waals surface area contributed by atoms with E-state index in [9.17, 15) is 9.59 Å². The third kappa shape index (κ3) is 1.98. The number of carbonyl (C=O) groups is 2. The first-order chi connectivity index (χ1) is 8.33. The summed E-state index contributed by atoms with van der Waals surface area (Å²) in [6.45, 7) is 7.51. The number of rotatable bonds is 1. The van der Waals surface area contributed by atoms with Crippen molar-refractivity contribution >= 4 is 17.5 Å². The van der Waals surface area contributed by atoms with Gasteiger partial charge in [0.15, 0.2) is 0 Å². The molecule has 4 heteroatoms. The number of benzene rings is 1. The highest BCUT2D eigenvalue weighted by molar-refractivity contribution is 6.09. The Bertz CT molecular complexity index is 521. The molecule has 0 aromatic heterocycles.